The van der Waals surface area contributed by atoms with Crippen LogP contribution >= 0.6 is 0 Å². The van der Waals surface area contributed by atoms with Crippen LogP contribution < -0.4 is 0 Å². The minimum atomic E-state index is -2.48. The standard InChI is InChI=1S/C25H31NO13/c1-9-16(29)36-15-12(27)23-14-10(35-20(32)26-5-7-34-8-6-26)11(21(2,3)4)22(23)13(28)17(30)38-19(22)39-25(23,18(31)37-14)24(9,15)33/h9-15,19,27-28,33H,5-8H2,1-4H3/t9-,10-,11+,12+,13+,14?,15?,19?,22?,23?,24-,25?/m1/s1. The van der Waals surface area contributed by atoms with E-state index in [0.717, 1.165) is 0 Å². The Morgan fingerprint density at radius 3 is 2.33 bits per heavy atom. The fourth-order valence-corrected chi connectivity index (χ4v) is 9.29. The third-order valence-electron chi connectivity index (χ3n) is 10.4. The van der Waals surface area contributed by atoms with Gasteiger partial charge in [0.15, 0.2) is 23.9 Å². The van der Waals surface area contributed by atoms with Crippen molar-refractivity contribution < 1.29 is 62.9 Å². The lowest BCUT2D eigenvalue weighted by atomic mass is 9.51. The Kier molecular flexibility index (Phi) is 4.71. The summed E-state index contributed by atoms with van der Waals surface area (Å²) in [5.74, 6) is -5.40. The molecule has 5 aliphatic heterocycles. The number of morpholine rings is 1. The molecule has 7 aliphatic rings. The van der Waals surface area contributed by atoms with Crippen molar-refractivity contribution in [2.24, 2.45) is 28.1 Å². The van der Waals surface area contributed by atoms with E-state index in [9.17, 15) is 34.5 Å². The zero-order valence-electron chi connectivity index (χ0n) is 21.8. The predicted octanol–water partition coefficient (Wildman–Crippen LogP) is -1.92. The Hall–Kier alpha value is -2.52. The zero-order chi connectivity index (χ0) is 28.1. The van der Waals surface area contributed by atoms with E-state index in [0.29, 0.717) is 13.2 Å². The number of hydrogen-bond acceptors (Lipinski definition) is 13. The predicted molar refractivity (Wildman–Crippen MR) is 120 cm³/mol. The Morgan fingerprint density at radius 1 is 1.03 bits per heavy atom. The monoisotopic (exact) mass is 553 g/mol. The van der Waals surface area contributed by atoms with E-state index in [1.165, 1.54) is 11.8 Å². The fraction of sp³-hybridized carbons (Fsp3) is 0.840. The number of amides is 1. The highest BCUT2D eigenvalue weighted by Crippen LogP contribution is 2.84. The molecule has 5 saturated heterocycles. The van der Waals surface area contributed by atoms with Gasteiger partial charge in [-0.3, -0.25) is 4.79 Å². The minimum Gasteiger partial charge on any atom is -0.456 e. The van der Waals surface area contributed by atoms with Crippen LogP contribution in [0.5, 0.6) is 0 Å². The van der Waals surface area contributed by atoms with Crippen LogP contribution in [-0.4, -0.2) is 119 Å². The van der Waals surface area contributed by atoms with Crippen molar-refractivity contribution >= 4 is 24.0 Å². The summed E-state index contributed by atoms with van der Waals surface area (Å²) in [4.78, 5) is 54.4. The van der Waals surface area contributed by atoms with E-state index in [-0.39, 0.29) is 13.1 Å². The smallest absolute Gasteiger partial charge is 0.410 e. The number of aliphatic hydroxyl groups excluding tert-OH is 2. The number of esters is 3. The topological polar surface area (TPSA) is 188 Å². The van der Waals surface area contributed by atoms with Gasteiger partial charge in [0.05, 0.1) is 30.0 Å². The fourth-order valence-electron chi connectivity index (χ4n) is 9.29. The first-order valence-corrected chi connectivity index (χ1v) is 13.2. The molecule has 14 nitrogen and oxygen atoms in total. The summed E-state index contributed by atoms with van der Waals surface area (Å²) in [6, 6.07) is 0. The second kappa shape index (κ2) is 7.21. The van der Waals surface area contributed by atoms with Gasteiger partial charge in [-0.25, -0.2) is 14.4 Å². The Bertz CT molecular complexity index is 1190. The highest BCUT2D eigenvalue weighted by Gasteiger charge is 3.05. The van der Waals surface area contributed by atoms with Crippen molar-refractivity contribution in [2.75, 3.05) is 26.3 Å². The highest BCUT2D eigenvalue weighted by molar-refractivity contribution is 5.94. The largest absolute Gasteiger partial charge is 0.456 e. The maximum Gasteiger partial charge on any atom is 0.410 e. The molecule has 14 heteroatoms. The first-order chi connectivity index (χ1) is 18.2. The Morgan fingerprint density at radius 2 is 1.69 bits per heavy atom. The first-order valence-electron chi connectivity index (χ1n) is 13.2. The molecule has 214 valence electrons. The molecule has 2 saturated carbocycles. The average Bonchev–Trinajstić information content (AvgIpc) is 3.58. The summed E-state index contributed by atoms with van der Waals surface area (Å²) in [5.41, 5.74) is -9.81. The third kappa shape index (κ3) is 2.30. The molecule has 0 bridgehead atoms. The Labute approximate surface area is 222 Å². The van der Waals surface area contributed by atoms with Crippen molar-refractivity contribution in [1.82, 2.24) is 4.90 Å². The van der Waals surface area contributed by atoms with E-state index in [1.807, 2.05) is 0 Å². The van der Waals surface area contributed by atoms with Crippen LogP contribution in [0.4, 0.5) is 4.79 Å². The second-order valence-corrected chi connectivity index (χ2v) is 12.7. The Balaban J connectivity index is 1.48. The number of carbonyl (C=O) groups excluding carboxylic acids is 4. The summed E-state index contributed by atoms with van der Waals surface area (Å²) < 4.78 is 34.4. The van der Waals surface area contributed by atoms with E-state index in [2.05, 4.69) is 0 Å². The molecule has 2 aliphatic carbocycles. The molecule has 5 heterocycles. The van der Waals surface area contributed by atoms with Gasteiger partial charge >= 0.3 is 24.0 Å². The molecule has 1 amide bonds. The normalized spacial score (nSPS) is 53.1. The summed E-state index contributed by atoms with van der Waals surface area (Å²) >= 11 is 0. The van der Waals surface area contributed by atoms with Crippen LogP contribution in [0.2, 0.25) is 0 Å². The average molecular weight is 554 g/mol. The summed E-state index contributed by atoms with van der Waals surface area (Å²) in [6.45, 7) is 7.79. The minimum absolute atomic E-state index is 0.254. The van der Waals surface area contributed by atoms with Crippen molar-refractivity contribution in [3.8, 4) is 0 Å². The van der Waals surface area contributed by atoms with Gasteiger partial charge in [-0.15, -0.1) is 0 Å². The summed E-state index contributed by atoms with van der Waals surface area (Å²) in [6.07, 6.45) is -10.6. The van der Waals surface area contributed by atoms with Crippen LogP contribution in [0.25, 0.3) is 0 Å². The van der Waals surface area contributed by atoms with E-state index in [4.69, 9.17) is 28.4 Å². The number of nitrogens with zero attached hydrogens (tertiary/aromatic N) is 1. The molecule has 2 spiro atoms. The van der Waals surface area contributed by atoms with Crippen molar-refractivity contribution in [3.05, 3.63) is 0 Å². The molecular formula is C25H31NO13. The summed E-state index contributed by atoms with van der Waals surface area (Å²) in [7, 11) is 0. The second-order valence-electron chi connectivity index (χ2n) is 12.7. The molecule has 0 aromatic carbocycles. The van der Waals surface area contributed by atoms with Gasteiger partial charge in [-0.05, 0) is 12.3 Å². The van der Waals surface area contributed by atoms with E-state index < -0.39 is 100 Å². The van der Waals surface area contributed by atoms with Crippen molar-refractivity contribution in [3.63, 3.8) is 0 Å². The lowest BCUT2D eigenvalue weighted by Gasteiger charge is -2.47. The number of ether oxygens (including phenoxy) is 6. The number of carbonyl (C=O) groups is 4. The van der Waals surface area contributed by atoms with Gasteiger partial charge in [-0.2, -0.15) is 0 Å². The van der Waals surface area contributed by atoms with Crippen molar-refractivity contribution in [1.29, 1.82) is 0 Å². The number of aliphatic hydroxyl groups is 3. The molecule has 39 heavy (non-hydrogen) atoms. The molecule has 12 atom stereocenters. The molecule has 7 fully saturated rings. The molecule has 6 unspecified atom stereocenters. The van der Waals surface area contributed by atoms with Gasteiger partial charge in [0.2, 0.25) is 11.9 Å². The third-order valence-corrected chi connectivity index (χ3v) is 10.4. The molecule has 0 aromatic heterocycles. The van der Waals surface area contributed by atoms with Crippen LogP contribution in [0.1, 0.15) is 27.7 Å². The van der Waals surface area contributed by atoms with Gasteiger partial charge in [0.25, 0.3) is 0 Å². The summed E-state index contributed by atoms with van der Waals surface area (Å²) in [5, 5.41) is 35.9. The first kappa shape index (κ1) is 25.4. The van der Waals surface area contributed by atoms with Crippen LogP contribution in [-0.2, 0) is 42.8 Å². The molecule has 0 aromatic rings. The lowest BCUT2D eigenvalue weighted by molar-refractivity contribution is -0.240. The van der Waals surface area contributed by atoms with Gasteiger partial charge in [-0.1, -0.05) is 20.8 Å². The highest BCUT2D eigenvalue weighted by atomic mass is 16.8. The van der Waals surface area contributed by atoms with Crippen LogP contribution in [0.15, 0.2) is 0 Å². The maximum absolute atomic E-state index is 13.9. The maximum atomic E-state index is 13.9. The van der Waals surface area contributed by atoms with Crippen LogP contribution in [0, 0.1) is 28.1 Å². The molecule has 0 radical (unpaired) electrons. The SMILES string of the molecule is C[C@@H]1C(=O)OC2[C@H](O)C34C5OC(=O)C3(OC3OC(=O)[C@H](O)C34[C@H](C(C)(C)C)[C@H]5OC(=O)N3CCOCC3)[C@]21O. The number of rotatable bonds is 1. The molecular weight excluding hydrogens is 522 g/mol. The van der Waals surface area contributed by atoms with Crippen LogP contribution in [0.3, 0.4) is 0 Å². The molecule has 7 rings (SSSR count). The number of hydrogen-bond donors (Lipinski definition) is 3. The van der Waals surface area contributed by atoms with Crippen molar-refractivity contribution in [2.45, 2.75) is 75.7 Å². The molecule has 3 N–H and O–H groups in total. The zero-order valence-corrected chi connectivity index (χ0v) is 21.8. The van der Waals surface area contributed by atoms with E-state index in [1.54, 1.807) is 20.8 Å². The van der Waals surface area contributed by atoms with E-state index >= 15 is 0 Å². The van der Waals surface area contributed by atoms with Gasteiger partial charge in [0.1, 0.15) is 12.2 Å². The lowest BCUT2D eigenvalue weighted by Crippen LogP contribution is -2.67. The number of fused-ring (bicyclic) bond motifs is 1. The van der Waals surface area contributed by atoms with Gasteiger partial charge in [0, 0.05) is 19.0 Å². The van der Waals surface area contributed by atoms with Gasteiger partial charge < -0.3 is 48.6 Å². The quantitative estimate of drug-likeness (QED) is 0.241.